The SMILES string of the molecule is O=Cc1cn(C2CCC(NC(=O)O)CC2)nn1. The topological polar surface area (TPSA) is 97.1 Å². The zero-order valence-electron chi connectivity index (χ0n) is 9.24. The molecule has 0 unspecified atom stereocenters. The second-order valence-electron chi connectivity index (χ2n) is 4.20. The summed E-state index contributed by atoms with van der Waals surface area (Å²) in [6, 6.07) is 0.237. The van der Waals surface area contributed by atoms with E-state index in [1.54, 1.807) is 10.9 Å². The largest absolute Gasteiger partial charge is 0.465 e. The van der Waals surface area contributed by atoms with E-state index in [9.17, 15) is 9.59 Å². The number of carboxylic acid groups (broad SMARTS) is 1. The molecule has 0 aliphatic heterocycles. The van der Waals surface area contributed by atoms with E-state index in [1.165, 1.54) is 0 Å². The molecule has 0 saturated heterocycles. The van der Waals surface area contributed by atoms with Gasteiger partial charge in [0.05, 0.1) is 12.2 Å². The summed E-state index contributed by atoms with van der Waals surface area (Å²) in [7, 11) is 0. The molecule has 7 heteroatoms. The normalized spacial score (nSPS) is 24.2. The van der Waals surface area contributed by atoms with Crippen LogP contribution in [0, 0.1) is 0 Å². The number of hydrogen-bond donors (Lipinski definition) is 2. The van der Waals surface area contributed by atoms with Gasteiger partial charge in [0, 0.05) is 6.04 Å². The molecule has 2 N–H and O–H groups in total. The average Bonchev–Trinajstić information content (AvgIpc) is 2.78. The zero-order valence-corrected chi connectivity index (χ0v) is 9.24. The Balaban J connectivity index is 1.90. The molecule has 1 saturated carbocycles. The molecule has 1 aliphatic carbocycles. The maximum absolute atomic E-state index is 10.5. The lowest BCUT2D eigenvalue weighted by atomic mass is 9.91. The monoisotopic (exact) mass is 238 g/mol. The Labute approximate surface area is 97.8 Å². The predicted molar refractivity (Wildman–Crippen MR) is 57.9 cm³/mol. The zero-order chi connectivity index (χ0) is 12.3. The van der Waals surface area contributed by atoms with E-state index >= 15 is 0 Å². The van der Waals surface area contributed by atoms with Gasteiger partial charge in [-0.25, -0.2) is 9.48 Å². The maximum Gasteiger partial charge on any atom is 0.404 e. The predicted octanol–water partition coefficient (Wildman–Crippen LogP) is 0.842. The van der Waals surface area contributed by atoms with Crippen LogP contribution in [-0.4, -0.2) is 38.5 Å². The van der Waals surface area contributed by atoms with Crippen LogP contribution < -0.4 is 5.32 Å². The lowest BCUT2D eigenvalue weighted by Gasteiger charge is -2.27. The molecular weight excluding hydrogens is 224 g/mol. The first kappa shape index (κ1) is 11.6. The molecular formula is C10H14N4O3. The summed E-state index contributed by atoms with van der Waals surface area (Å²) in [6.07, 6.45) is 4.57. The fourth-order valence-electron chi connectivity index (χ4n) is 2.18. The van der Waals surface area contributed by atoms with Gasteiger partial charge in [-0.1, -0.05) is 5.21 Å². The molecule has 7 nitrogen and oxygen atoms in total. The number of amides is 1. The number of rotatable bonds is 3. The minimum atomic E-state index is -0.975. The Bertz CT molecular complexity index is 409. The van der Waals surface area contributed by atoms with Gasteiger partial charge in [-0.05, 0) is 25.7 Å². The van der Waals surface area contributed by atoms with Crippen LogP contribution in [-0.2, 0) is 0 Å². The molecule has 0 radical (unpaired) electrons. The van der Waals surface area contributed by atoms with E-state index in [0.717, 1.165) is 25.7 Å². The van der Waals surface area contributed by atoms with E-state index in [4.69, 9.17) is 5.11 Å². The molecule has 17 heavy (non-hydrogen) atoms. The number of carbonyl (C=O) groups is 2. The summed E-state index contributed by atoms with van der Waals surface area (Å²) < 4.78 is 1.70. The molecule has 1 aliphatic rings. The maximum atomic E-state index is 10.5. The summed E-state index contributed by atoms with van der Waals surface area (Å²) in [4.78, 5) is 21.0. The van der Waals surface area contributed by atoms with Gasteiger partial charge in [-0.3, -0.25) is 4.79 Å². The summed E-state index contributed by atoms with van der Waals surface area (Å²) in [6.45, 7) is 0. The van der Waals surface area contributed by atoms with E-state index in [-0.39, 0.29) is 12.1 Å². The first-order valence-electron chi connectivity index (χ1n) is 5.55. The summed E-state index contributed by atoms with van der Waals surface area (Å²) in [5, 5.41) is 18.7. The standard InChI is InChI=1S/C10H14N4O3/c15-6-8-5-14(13-12-8)9-3-1-7(2-4-9)11-10(16)17/h5-7,9,11H,1-4H2,(H,16,17). The van der Waals surface area contributed by atoms with Crippen LogP contribution in [0.25, 0.3) is 0 Å². The molecule has 2 rings (SSSR count). The van der Waals surface area contributed by atoms with Crippen molar-refractivity contribution in [2.24, 2.45) is 0 Å². The van der Waals surface area contributed by atoms with Gasteiger partial charge in [0.1, 0.15) is 5.69 Å². The van der Waals surface area contributed by atoms with Gasteiger partial charge >= 0.3 is 6.09 Å². The molecule has 0 atom stereocenters. The first-order valence-corrected chi connectivity index (χ1v) is 5.55. The number of aldehydes is 1. The second-order valence-corrected chi connectivity index (χ2v) is 4.20. The van der Waals surface area contributed by atoms with Crippen LogP contribution in [0.1, 0.15) is 42.2 Å². The highest BCUT2D eigenvalue weighted by atomic mass is 16.4. The Morgan fingerprint density at radius 2 is 2.18 bits per heavy atom. The number of carbonyl (C=O) groups excluding carboxylic acids is 1. The molecule has 1 aromatic heterocycles. The summed E-state index contributed by atoms with van der Waals surface area (Å²) in [5.74, 6) is 0. The van der Waals surface area contributed by atoms with Crippen LogP contribution in [0.5, 0.6) is 0 Å². The van der Waals surface area contributed by atoms with Crippen molar-refractivity contribution in [2.45, 2.75) is 37.8 Å². The van der Waals surface area contributed by atoms with Gasteiger partial charge < -0.3 is 10.4 Å². The van der Waals surface area contributed by atoms with E-state index in [1.807, 2.05) is 0 Å². The third kappa shape index (κ3) is 2.80. The van der Waals surface area contributed by atoms with Crippen molar-refractivity contribution in [1.29, 1.82) is 0 Å². The summed E-state index contributed by atoms with van der Waals surface area (Å²) in [5.41, 5.74) is 0.329. The third-order valence-corrected chi connectivity index (χ3v) is 3.05. The minimum Gasteiger partial charge on any atom is -0.465 e. The number of nitrogens with one attached hydrogen (secondary N) is 1. The molecule has 1 fully saturated rings. The van der Waals surface area contributed by atoms with Crippen LogP contribution in [0.3, 0.4) is 0 Å². The van der Waals surface area contributed by atoms with Crippen molar-refractivity contribution < 1.29 is 14.7 Å². The minimum absolute atomic E-state index is 0.0258. The van der Waals surface area contributed by atoms with Crippen molar-refractivity contribution in [3.8, 4) is 0 Å². The number of nitrogens with zero attached hydrogens (tertiary/aromatic N) is 3. The van der Waals surface area contributed by atoms with Crippen molar-refractivity contribution in [3.63, 3.8) is 0 Å². The number of aromatic nitrogens is 3. The van der Waals surface area contributed by atoms with Crippen LogP contribution in [0.2, 0.25) is 0 Å². The molecule has 92 valence electrons. The van der Waals surface area contributed by atoms with Crippen molar-refractivity contribution in [1.82, 2.24) is 20.3 Å². The Morgan fingerprint density at radius 1 is 1.47 bits per heavy atom. The first-order chi connectivity index (χ1) is 8.19. The smallest absolute Gasteiger partial charge is 0.404 e. The van der Waals surface area contributed by atoms with E-state index in [0.29, 0.717) is 12.0 Å². The molecule has 1 amide bonds. The van der Waals surface area contributed by atoms with Crippen LogP contribution in [0.15, 0.2) is 6.20 Å². The highest BCUT2D eigenvalue weighted by Gasteiger charge is 2.24. The molecule has 1 heterocycles. The summed E-state index contributed by atoms with van der Waals surface area (Å²) >= 11 is 0. The van der Waals surface area contributed by atoms with E-state index in [2.05, 4.69) is 15.6 Å². The van der Waals surface area contributed by atoms with Crippen molar-refractivity contribution in [2.75, 3.05) is 0 Å². The van der Waals surface area contributed by atoms with Gasteiger partial charge in [0.2, 0.25) is 0 Å². The fraction of sp³-hybridized carbons (Fsp3) is 0.600. The Hall–Kier alpha value is -1.92. The van der Waals surface area contributed by atoms with E-state index < -0.39 is 6.09 Å². The van der Waals surface area contributed by atoms with Gasteiger partial charge in [-0.2, -0.15) is 0 Å². The van der Waals surface area contributed by atoms with Crippen molar-refractivity contribution >= 4 is 12.4 Å². The molecule has 0 aromatic carbocycles. The highest BCUT2D eigenvalue weighted by Crippen LogP contribution is 2.27. The second kappa shape index (κ2) is 4.94. The van der Waals surface area contributed by atoms with Crippen LogP contribution >= 0.6 is 0 Å². The Kier molecular flexibility index (Phi) is 3.36. The molecule has 0 bridgehead atoms. The Morgan fingerprint density at radius 3 is 2.71 bits per heavy atom. The highest BCUT2D eigenvalue weighted by molar-refractivity contribution is 5.70. The molecule has 0 spiro atoms. The molecule has 1 aromatic rings. The van der Waals surface area contributed by atoms with Crippen LogP contribution in [0.4, 0.5) is 4.79 Å². The average molecular weight is 238 g/mol. The van der Waals surface area contributed by atoms with Crippen molar-refractivity contribution in [3.05, 3.63) is 11.9 Å². The van der Waals surface area contributed by atoms with Gasteiger partial charge in [0.25, 0.3) is 0 Å². The third-order valence-electron chi connectivity index (χ3n) is 3.05. The lowest BCUT2D eigenvalue weighted by Crippen LogP contribution is -2.37. The van der Waals surface area contributed by atoms with Gasteiger partial charge in [-0.15, -0.1) is 5.10 Å². The number of hydrogen-bond acceptors (Lipinski definition) is 4. The van der Waals surface area contributed by atoms with Gasteiger partial charge in [0.15, 0.2) is 6.29 Å². The fourth-order valence-corrected chi connectivity index (χ4v) is 2.18. The quantitative estimate of drug-likeness (QED) is 0.760. The lowest BCUT2D eigenvalue weighted by molar-refractivity contribution is 0.111.